The number of carbonyl (C=O) groups is 1. The standard InChI is InChI=1S/C27H22ClN3OS/c1-18-24(26(32)31-21-13-6-3-7-14-21)25(19-10-4-2-5-11-19)22(16-29)27(30-18)33-17-20-12-8-9-15-23(20)28/h2-15,25,30H,17H2,1H3,(H,31,32). The Kier molecular flexibility index (Phi) is 7.19. The number of nitriles is 1. The van der Waals surface area contributed by atoms with Crippen molar-refractivity contribution in [2.45, 2.75) is 18.6 Å². The first-order valence-electron chi connectivity index (χ1n) is 10.5. The molecular formula is C27H22ClN3OS. The van der Waals surface area contributed by atoms with Crippen LogP contribution >= 0.6 is 23.4 Å². The molecular weight excluding hydrogens is 450 g/mol. The molecule has 1 atom stereocenters. The molecule has 0 bridgehead atoms. The minimum Gasteiger partial charge on any atom is -0.353 e. The largest absolute Gasteiger partial charge is 0.353 e. The highest BCUT2D eigenvalue weighted by atomic mass is 35.5. The van der Waals surface area contributed by atoms with Crippen LogP contribution in [-0.4, -0.2) is 5.91 Å². The minimum atomic E-state index is -0.477. The van der Waals surface area contributed by atoms with Gasteiger partial charge in [0.1, 0.15) is 0 Å². The summed E-state index contributed by atoms with van der Waals surface area (Å²) in [7, 11) is 0. The summed E-state index contributed by atoms with van der Waals surface area (Å²) in [6.45, 7) is 1.88. The average Bonchev–Trinajstić information content (AvgIpc) is 2.84. The predicted octanol–water partition coefficient (Wildman–Crippen LogP) is 6.61. The number of nitrogens with zero attached hydrogens (tertiary/aromatic N) is 1. The summed E-state index contributed by atoms with van der Waals surface area (Å²) >= 11 is 7.84. The van der Waals surface area contributed by atoms with Crippen LogP contribution in [0.15, 0.2) is 107 Å². The number of rotatable bonds is 6. The van der Waals surface area contributed by atoms with Crippen molar-refractivity contribution in [1.29, 1.82) is 5.26 Å². The Balaban J connectivity index is 1.71. The van der Waals surface area contributed by atoms with Crippen molar-refractivity contribution < 1.29 is 4.79 Å². The van der Waals surface area contributed by atoms with Crippen molar-refractivity contribution in [3.63, 3.8) is 0 Å². The van der Waals surface area contributed by atoms with Crippen molar-refractivity contribution in [3.8, 4) is 6.07 Å². The molecule has 0 saturated carbocycles. The number of dihydropyridines is 1. The highest BCUT2D eigenvalue weighted by Crippen LogP contribution is 2.41. The smallest absolute Gasteiger partial charge is 0.254 e. The number of hydrogen-bond acceptors (Lipinski definition) is 4. The van der Waals surface area contributed by atoms with Crippen molar-refractivity contribution >= 4 is 35.0 Å². The van der Waals surface area contributed by atoms with Gasteiger partial charge in [-0.2, -0.15) is 5.26 Å². The van der Waals surface area contributed by atoms with Crippen LogP contribution in [0, 0.1) is 11.3 Å². The Morgan fingerprint density at radius 1 is 1.03 bits per heavy atom. The number of halogens is 1. The van der Waals surface area contributed by atoms with E-state index in [4.69, 9.17) is 11.6 Å². The van der Waals surface area contributed by atoms with E-state index in [0.717, 1.165) is 21.9 Å². The minimum absolute atomic E-state index is 0.233. The highest BCUT2D eigenvalue weighted by Gasteiger charge is 2.34. The molecule has 4 rings (SSSR count). The van der Waals surface area contributed by atoms with E-state index in [1.165, 1.54) is 11.8 Å². The van der Waals surface area contributed by atoms with E-state index in [1.807, 2.05) is 91.9 Å². The van der Waals surface area contributed by atoms with Gasteiger partial charge in [-0.1, -0.05) is 78.3 Å². The molecule has 0 saturated heterocycles. The zero-order valence-electron chi connectivity index (χ0n) is 18.0. The summed E-state index contributed by atoms with van der Waals surface area (Å²) in [5, 5.41) is 17.9. The van der Waals surface area contributed by atoms with Crippen LogP contribution in [0.5, 0.6) is 0 Å². The molecule has 1 amide bonds. The van der Waals surface area contributed by atoms with Gasteiger partial charge < -0.3 is 10.6 Å². The van der Waals surface area contributed by atoms with Crippen LogP contribution in [0.1, 0.15) is 24.0 Å². The van der Waals surface area contributed by atoms with Crippen molar-refractivity contribution in [2.24, 2.45) is 0 Å². The zero-order chi connectivity index (χ0) is 23.2. The second-order valence-corrected chi connectivity index (χ2v) is 8.96. The molecule has 1 aliphatic heterocycles. The van der Waals surface area contributed by atoms with E-state index < -0.39 is 5.92 Å². The molecule has 0 aliphatic carbocycles. The average molecular weight is 472 g/mol. The van der Waals surface area contributed by atoms with Gasteiger partial charge in [0.25, 0.3) is 5.91 Å². The summed E-state index contributed by atoms with van der Waals surface area (Å²) in [4.78, 5) is 13.4. The Labute approximate surface area is 203 Å². The number of para-hydroxylation sites is 1. The normalized spacial score (nSPS) is 15.6. The number of nitrogens with one attached hydrogen (secondary N) is 2. The quantitative estimate of drug-likeness (QED) is 0.424. The topological polar surface area (TPSA) is 64.9 Å². The van der Waals surface area contributed by atoms with Crippen molar-refractivity contribution in [1.82, 2.24) is 5.32 Å². The molecule has 1 heterocycles. The van der Waals surface area contributed by atoms with Crippen molar-refractivity contribution in [3.05, 3.63) is 123 Å². The number of carbonyl (C=O) groups excluding carboxylic acids is 1. The molecule has 33 heavy (non-hydrogen) atoms. The first-order valence-corrected chi connectivity index (χ1v) is 11.8. The number of benzene rings is 3. The summed E-state index contributed by atoms with van der Waals surface area (Å²) in [6, 6.07) is 29.0. The van der Waals surface area contributed by atoms with Crippen LogP contribution in [0.3, 0.4) is 0 Å². The van der Waals surface area contributed by atoms with E-state index in [1.54, 1.807) is 0 Å². The SMILES string of the molecule is CC1=C(C(=O)Nc2ccccc2)C(c2ccccc2)C(C#N)=C(SCc2ccccc2Cl)N1. The lowest BCUT2D eigenvalue weighted by Crippen LogP contribution is -2.30. The lowest BCUT2D eigenvalue weighted by molar-refractivity contribution is -0.113. The number of hydrogen-bond donors (Lipinski definition) is 2. The Hall–Kier alpha value is -3.46. The van der Waals surface area contributed by atoms with Gasteiger partial charge in [0.2, 0.25) is 0 Å². The monoisotopic (exact) mass is 471 g/mol. The van der Waals surface area contributed by atoms with Gasteiger partial charge in [-0.25, -0.2) is 0 Å². The van der Waals surface area contributed by atoms with E-state index in [9.17, 15) is 10.1 Å². The van der Waals surface area contributed by atoms with Gasteiger partial charge in [-0.15, -0.1) is 11.8 Å². The van der Waals surface area contributed by atoms with Crippen molar-refractivity contribution in [2.75, 3.05) is 5.32 Å². The summed E-state index contributed by atoms with van der Waals surface area (Å²) in [5.74, 6) is -0.106. The van der Waals surface area contributed by atoms with Crippen LogP contribution in [0.25, 0.3) is 0 Å². The third kappa shape index (κ3) is 5.14. The lowest BCUT2D eigenvalue weighted by Gasteiger charge is -2.30. The van der Waals surface area contributed by atoms with Gasteiger partial charge in [0.05, 0.1) is 22.6 Å². The zero-order valence-corrected chi connectivity index (χ0v) is 19.6. The molecule has 0 radical (unpaired) electrons. The molecule has 4 nitrogen and oxygen atoms in total. The van der Waals surface area contributed by atoms with Gasteiger partial charge in [0, 0.05) is 27.7 Å². The van der Waals surface area contributed by atoms with Gasteiger partial charge in [0.15, 0.2) is 0 Å². The molecule has 1 aliphatic rings. The summed E-state index contributed by atoms with van der Waals surface area (Å²) in [6.07, 6.45) is 0. The summed E-state index contributed by atoms with van der Waals surface area (Å²) in [5.41, 5.74) is 4.35. The van der Waals surface area contributed by atoms with Crippen LogP contribution in [-0.2, 0) is 10.5 Å². The van der Waals surface area contributed by atoms with Crippen LogP contribution < -0.4 is 10.6 Å². The number of amides is 1. The third-order valence-electron chi connectivity index (χ3n) is 5.39. The fourth-order valence-corrected chi connectivity index (χ4v) is 5.17. The van der Waals surface area contributed by atoms with E-state index in [0.29, 0.717) is 27.6 Å². The van der Waals surface area contributed by atoms with Gasteiger partial charge in [-0.05, 0) is 36.2 Å². The molecule has 0 fully saturated rings. The molecule has 1 unspecified atom stereocenters. The maximum atomic E-state index is 13.4. The Morgan fingerprint density at radius 3 is 2.33 bits per heavy atom. The predicted molar refractivity (Wildman–Crippen MR) is 135 cm³/mol. The molecule has 3 aromatic carbocycles. The maximum Gasteiger partial charge on any atom is 0.254 e. The molecule has 2 N–H and O–H groups in total. The Bertz CT molecular complexity index is 1260. The molecule has 3 aromatic rings. The maximum absolute atomic E-state index is 13.4. The van der Waals surface area contributed by atoms with Gasteiger partial charge >= 0.3 is 0 Å². The molecule has 0 aromatic heterocycles. The second-order valence-electron chi connectivity index (χ2n) is 7.56. The molecule has 0 spiro atoms. The fraction of sp³-hybridized carbons (Fsp3) is 0.111. The van der Waals surface area contributed by atoms with E-state index in [2.05, 4.69) is 16.7 Å². The molecule has 6 heteroatoms. The highest BCUT2D eigenvalue weighted by molar-refractivity contribution is 8.02. The fourth-order valence-electron chi connectivity index (χ4n) is 3.79. The van der Waals surface area contributed by atoms with E-state index in [-0.39, 0.29) is 5.91 Å². The number of thioether (sulfide) groups is 1. The van der Waals surface area contributed by atoms with Crippen LogP contribution in [0.4, 0.5) is 5.69 Å². The summed E-state index contributed by atoms with van der Waals surface area (Å²) < 4.78 is 0. The Morgan fingerprint density at radius 2 is 1.67 bits per heavy atom. The van der Waals surface area contributed by atoms with Gasteiger partial charge in [-0.3, -0.25) is 4.79 Å². The second kappa shape index (κ2) is 10.4. The molecule has 164 valence electrons. The third-order valence-corrected chi connectivity index (χ3v) is 6.82. The lowest BCUT2D eigenvalue weighted by atomic mass is 9.82. The van der Waals surface area contributed by atoms with Crippen LogP contribution in [0.2, 0.25) is 5.02 Å². The first kappa shape index (κ1) is 22.7. The van der Waals surface area contributed by atoms with E-state index >= 15 is 0 Å². The first-order chi connectivity index (χ1) is 16.1. The number of anilines is 1. The number of allylic oxidation sites excluding steroid dienone is 2.